The number of fused-ring (bicyclic) bond motifs is 2. The van der Waals surface area contributed by atoms with Gasteiger partial charge in [0, 0.05) is 29.9 Å². The summed E-state index contributed by atoms with van der Waals surface area (Å²) in [6.07, 6.45) is 6.73. The molecule has 2 amide bonds. The van der Waals surface area contributed by atoms with Crippen molar-refractivity contribution in [3.63, 3.8) is 0 Å². The van der Waals surface area contributed by atoms with E-state index < -0.39 is 0 Å². The van der Waals surface area contributed by atoms with Crippen LogP contribution in [0.5, 0.6) is 0 Å². The molecule has 5 unspecified atom stereocenters. The zero-order chi connectivity index (χ0) is 18.3. The zero-order valence-electron chi connectivity index (χ0n) is 15.5. The van der Waals surface area contributed by atoms with E-state index in [4.69, 9.17) is 5.73 Å². The Morgan fingerprint density at radius 1 is 1.08 bits per heavy atom. The van der Waals surface area contributed by atoms with E-state index in [0.717, 1.165) is 37.9 Å². The fraction of sp³-hybridized carbons (Fsp3) is 0.619. The van der Waals surface area contributed by atoms with Crippen LogP contribution in [0.4, 0.5) is 5.69 Å². The van der Waals surface area contributed by atoms with E-state index in [1.807, 2.05) is 29.2 Å². The lowest BCUT2D eigenvalue weighted by Crippen LogP contribution is -2.42. The summed E-state index contributed by atoms with van der Waals surface area (Å²) in [6.45, 7) is 2.95. The molecule has 1 aliphatic heterocycles. The molecule has 0 spiro atoms. The number of piperidine rings is 1. The number of nitrogens with zero attached hydrogens (tertiary/aromatic N) is 1. The fourth-order valence-corrected chi connectivity index (χ4v) is 5.21. The monoisotopic (exact) mass is 355 g/mol. The van der Waals surface area contributed by atoms with Crippen LogP contribution in [0.15, 0.2) is 24.3 Å². The van der Waals surface area contributed by atoms with Gasteiger partial charge < -0.3 is 16.0 Å². The number of carbonyl (C=O) groups is 2. The highest BCUT2D eigenvalue weighted by molar-refractivity contribution is 5.96. The van der Waals surface area contributed by atoms with Gasteiger partial charge in [-0.2, -0.15) is 0 Å². The van der Waals surface area contributed by atoms with Crippen molar-refractivity contribution in [3.8, 4) is 0 Å². The number of carbonyl (C=O) groups excluding carboxylic acids is 2. The van der Waals surface area contributed by atoms with Crippen LogP contribution in [-0.2, 0) is 4.79 Å². The molecule has 3 fully saturated rings. The molecule has 4 rings (SSSR count). The molecule has 2 bridgehead atoms. The largest absolute Gasteiger partial charge is 0.336 e. The quantitative estimate of drug-likeness (QED) is 0.875. The molecule has 2 aliphatic carbocycles. The molecule has 3 aliphatic rings. The minimum Gasteiger partial charge on any atom is -0.336 e. The molecule has 5 heteroatoms. The smallest absolute Gasteiger partial charge is 0.254 e. The molecule has 26 heavy (non-hydrogen) atoms. The Morgan fingerprint density at radius 3 is 2.46 bits per heavy atom. The third kappa shape index (κ3) is 3.13. The summed E-state index contributed by atoms with van der Waals surface area (Å²) >= 11 is 0. The lowest BCUT2D eigenvalue weighted by atomic mass is 9.84. The van der Waals surface area contributed by atoms with Crippen LogP contribution < -0.4 is 11.1 Å². The highest BCUT2D eigenvalue weighted by atomic mass is 16.2. The maximum atomic E-state index is 12.7. The van der Waals surface area contributed by atoms with Crippen LogP contribution in [-0.4, -0.2) is 35.3 Å². The van der Waals surface area contributed by atoms with Crippen LogP contribution in [0.2, 0.25) is 0 Å². The maximum Gasteiger partial charge on any atom is 0.254 e. The molecule has 140 valence electrons. The van der Waals surface area contributed by atoms with Crippen LogP contribution in [0.1, 0.15) is 55.8 Å². The summed E-state index contributed by atoms with van der Waals surface area (Å²) in [7, 11) is 0. The van der Waals surface area contributed by atoms with E-state index in [1.54, 1.807) is 0 Å². The minimum atomic E-state index is -0.0655. The van der Waals surface area contributed by atoms with Crippen molar-refractivity contribution in [2.45, 2.75) is 57.5 Å². The molecule has 1 heterocycles. The Bertz CT molecular complexity index is 685. The second-order valence-electron chi connectivity index (χ2n) is 8.35. The summed E-state index contributed by atoms with van der Waals surface area (Å²) in [4.78, 5) is 27.3. The van der Waals surface area contributed by atoms with E-state index in [2.05, 4.69) is 12.2 Å². The molecule has 2 saturated carbocycles. The van der Waals surface area contributed by atoms with Gasteiger partial charge in [0.15, 0.2) is 0 Å². The average molecular weight is 355 g/mol. The number of rotatable bonds is 3. The fourth-order valence-electron chi connectivity index (χ4n) is 5.21. The molecule has 5 nitrogen and oxygen atoms in total. The van der Waals surface area contributed by atoms with Gasteiger partial charge in [0.2, 0.25) is 5.91 Å². The summed E-state index contributed by atoms with van der Waals surface area (Å²) < 4.78 is 0. The number of likely N-dealkylation sites (tertiary alicyclic amines) is 1. The van der Waals surface area contributed by atoms with Gasteiger partial charge in [0.1, 0.15) is 0 Å². The third-order valence-corrected chi connectivity index (χ3v) is 6.75. The van der Waals surface area contributed by atoms with Crippen molar-refractivity contribution in [1.29, 1.82) is 0 Å². The van der Waals surface area contributed by atoms with Crippen molar-refractivity contribution < 1.29 is 9.59 Å². The van der Waals surface area contributed by atoms with Gasteiger partial charge in [0.25, 0.3) is 5.91 Å². The van der Waals surface area contributed by atoms with Gasteiger partial charge in [-0.15, -0.1) is 0 Å². The number of nitrogens with two attached hydrogens (primary N) is 1. The molecule has 5 atom stereocenters. The van der Waals surface area contributed by atoms with Gasteiger partial charge in [-0.1, -0.05) is 0 Å². The molecule has 0 aromatic heterocycles. The third-order valence-electron chi connectivity index (χ3n) is 6.75. The Morgan fingerprint density at radius 2 is 1.81 bits per heavy atom. The van der Waals surface area contributed by atoms with Crippen molar-refractivity contribution in [3.05, 3.63) is 29.8 Å². The zero-order valence-corrected chi connectivity index (χ0v) is 15.5. The molecular formula is C21H29N3O2. The first-order chi connectivity index (χ1) is 12.5. The van der Waals surface area contributed by atoms with Gasteiger partial charge in [0.05, 0.1) is 5.92 Å². The van der Waals surface area contributed by atoms with Crippen LogP contribution >= 0.6 is 0 Å². The highest BCUT2D eigenvalue weighted by Gasteiger charge is 2.49. The number of hydrogen-bond donors (Lipinski definition) is 2. The SMILES string of the molecule is CC1CCCCN1C(=O)c1ccc(NC(=O)C2C3CCC(C3)C2N)cc1. The summed E-state index contributed by atoms with van der Waals surface area (Å²) in [5.41, 5.74) is 7.70. The van der Waals surface area contributed by atoms with Crippen molar-refractivity contribution in [2.75, 3.05) is 11.9 Å². The first-order valence-electron chi connectivity index (χ1n) is 10.0. The van der Waals surface area contributed by atoms with Crippen LogP contribution in [0.3, 0.4) is 0 Å². The van der Waals surface area contributed by atoms with Crippen LogP contribution in [0.25, 0.3) is 0 Å². The van der Waals surface area contributed by atoms with E-state index in [0.29, 0.717) is 23.4 Å². The summed E-state index contributed by atoms with van der Waals surface area (Å²) in [5, 5.41) is 3.01. The molecule has 1 aromatic carbocycles. The number of hydrogen-bond acceptors (Lipinski definition) is 3. The Hall–Kier alpha value is -1.88. The second kappa shape index (κ2) is 7.03. The summed E-state index contributed by atoms with van der Waals surface area (Å²) in [5.74, 6) is 1.02. The van der Waals surface area contributed by atoms with Gasteiger partial charge in [-0.05, 0) is 81.5 Å². The molecule has 1 saturated heterocycles. The highest BCUT2D eigenvalue weighted by Crippen LogP contribution is 2.47. The van der Waals surface area contributed by atoms with Gasteiger partial charge in [-0.25, -0.2) is 0 Å². The van der Waals surface area contributed by atoms with E-state index in [1.165, 1.54) is 12.8 Å². The number of benzene rings is 1. The maximum absolute atomic E-state index is 12.7. The van der Waals surface area contributed by atoms with E-state index in [-0.39, 0.29) is 23.8 Å². The normalized spacial score (nSPS) is 33.3. The minimum absolute atomic E-state index is 0.00445. The van der Waals surface area contributed by atoms with Gasteiger partial charge >= 0.3 is 0 Å². The van der Waals surface area contributed by atoms with Crippen molar-refractivity contribution in [2.24, 2.45) is 23.5 Å². The average Bonchev–Trinajstić information content (AvgIpc) is 3.23. The Labute approximate surface area is 155 Å². The van der Waals surface area contributed by atoms with E-state index in [9.17, 15) is 9.59 Å². The van der Waals surface area contributed by atoms with Crippen LogP contribution in [0, 0.1) is 17.8 Å². The molecule has 1 aromatic rings. The predicted octanol–water partition coefficient (Wildman–Crippen LogP) is 3.01. The standard InChI is InChI=1S/C21H29N3O2/c1-13-4-2-3-11-24(13)21(26)14-7-9-17(10-8-14)23-20(25)18-15-5-6-16(12-15)19(18)22/h7-10,13,15-16,18-19H,2-6,11-12,22H2,1H3,(H,23,25). The Kier molecular flexibility index (Phi) is 4.74. The molecule has 0 radical (unpaired) electrons. The first-order valence-corrected chi connectivity index (χ1v) is 10.0. The van der Waals surface area contributed by atoms with E-state index >= 15 is 0 Å². The van der Waals surface area contributed by atoms with Crippen molar-refractivity contribution >= 4 is 17.5 Å². The lowest BCUT2D eigenvalue weighted by Gasteiger charge is -2.33. The number of amides is 2. The summed E-state index contributed by atoms with van der Waals surface area (Å²) in [6, 6.07) is 7.60. The van der Waals surface area contributed by atoms with Crippen molar-refractivity contribution in [1.82, 2.24) is 4.90 Å². The number of anilines is 1. The first kappa shape index (κ1) is 17.5. The van der Waals surface area contributed by atoms with Gasteiger partial charge in [-0.3, -0.25) is 9.59 Å². The molecular weight excluding hydrogens is 326 g/mol. The predicted molar refractivity (Wildman–Crippen MR) is 102 cm³/mol. The second-order valence-corrected chi connectivity index (χ2v) is 8.35. The Balaban J connectivity index is 1.40. The molecule has 3 N–H and O–H groups in total. The topological polar surface area (TPSA) is 75.4 Å². The number of nitrogens with one attached hydrogen (secondary N) is 1. The lowest BCUT2D eigenvalue weighted by molar-refractivity contribution is -0.121.